The van der Waals surface area contributed by atoms with Gasteiger partial charge in [-0.25, -0.2) is 4.99 Å². The lowest BCUT2D eigenvalue weighted by molar-refractivity contribution is -0.274. The first kappa shape index (κ1) is 27.3. The number of benzene rings is 1. The van der Waals surface area contributed by atoms with Gasteiger partial charge in [-0.15, -0.1) is 37.1 Å². The maximum atomic E-state index is 12.6. The average Bonchev–Trinajstić information content (AvgIpc) is 2.69. The summed E-state index contributed by atoms with van der Waals surface area (Å²) in [7, 11) is 0. The van der Waals surface area contributed by atoms with Crippen molar-refractivity contribution in [2.75, 3.05) is 32.7 Å². The summed E-state index contributed by atoms with van der Waals surface area (Å²) in [6.45, 7) is 5.71. The molecule has 7 nitrogen and oxygen atoms in total. The number of amides is 1. The van der Waals surface area contributed by atoms with Crippen molar-refractivity contribution in [2.24, 2.45) is 16.6 Å². The fourth-order valence-electron chi connectivity index (χ4n) is 3.36. The number of nitrogens with two attached hydrogens (primary N) is 1. The van der Waals surface area contributed by atoms with E-state index in [0.717, 1.165) is 32.4 Å². The highest BCUT2D eigenvalue weighted by atomic mass is 127. The molecule has 1 aromatic rings. The molecule has 1 atom stereocenters. The molecule has 1 aromatic carbocycles. The highest BCUT2D eigenvalue weighted by Gasteiger charge is 2.32. The summed E-state index contributed by atoms with van der Waals surface area (Å²) in [4.78, 5) is 18.0. The first-order chi connectivity index (χ1) is 14.3. The van der Waals surface area contributed by atoms with Crippen LogP contribution in [0.15, 0.2) is 29.3 Å². The number of nitrogens with one attached hydrogen (secondary N) is 2. The standard InChI is InChI=1S/C20H30F3N5O2.HI/c1-2-25-19(26-10-6-12-28-11-5-8-16(14-28)18(24)29)27-13-15-7-3-4-9-17(15)30-20(21,22)23;/h3-4,7,9,16H,2,5-6,8,10-14H2,1H3,(H2,24,29)(H2,25,26,27);1H. The number of primary amides is 1. The third-order valence-electron chi connectivity index (χ3n) is 4.80. The Bertz CT molecular complexity index is 718. The number of alkyl halides is 3. The van der Waals surface area contributed by atoms with Crippen molar-refractivity contribution < 1.29 is 22.7 Å². The van der Waals surface area contributed by atoms with Crippen LogP contribution in [0.1, 0.15) is 31.7 Å². The second-order valence-electron chi connectivity index (χ2n) is 7.17. The van der Waals surface area contributed by atoms with E-state index in [-0.39, 0.29) is 48.1 Å². The minimum atomic E-state index is -4.75. The molecule has 0 spiro atoms. The van der Waals surface area contributed by atoms with E-state index in [2.05, 4.69) is 25.3 Å². The summed E-state index contributed by atoms with van der Waals surface area (Å²) < 4.78 is 41.7. The van der Waals surface area contributed by atoms with Gasteiger partial charge >= 0.3 is 6.36 Å². The molecule has 1 saturated heterocycles. The monoisotopic (exact) mass is 557 g/mol. The average molecular weight is 557 g/mol. The Morgan fingerprint density at radius 3 is 2.74 bits per heavy atom. The largest absolute Gasteiger partial charge is 0.573 e. The van der Waals surface area contributed by atoms with Gasteiger partial charge in [0.05, 0.1) is 12.5 Å². The van der Waals surface area contributed by atoms with Gasteiger partial charge in [-0.1, -0.05) is 18.2 Å². The third kappa shape index (κ3) is 10.4. The van der Waals surface area contributed by atoms with Gasteiger partial charge in [-0.2, -0.15) is 0 Å². The number of rotatable bonds is 9. The smallest absolute Gasteiger partial charge is 0.405 e. The second-order valence-corrected chi connectivity index (χ2v) is 7.17. The lowest BCUT2D eigenvalue weighted by Gasteiger charge is -2.31. The SMILES string of the molecule is CCNC(=NCc1ccccc1OC(F)(F)F)NCCCN1CCCC(C(N)=O)C1.I. The van der Waals surface area contributed by atoms with E-state index in [4.69, 9.17) is 5.73 Å². The van der Waals surface area contributed by atoms with Gasteiger partial charge in [-0.3, -0.25) is 4.79 Å². The van der Waals surface area contributed by atoms with Crippen molar-refractivity contribution in [3.05, 3.63) is 29.8 Å². The van der Waals surface area contributed by atoms with Gasteiger partial charge in [0.1, 0.15) is 5.75 Å². The van der Waals surface area contributed by atoms with Crippen LogP contribution in [0.3, 0.4) is 0 Å². The first-order valence-electron chi connectivity index (χ1n) is 10.2. The number of piperidine rings is 1. The normalized spacial score (nSPS) is 17.5. The van der Waals surface area contributed by atoms with Crippen LogP contribution in [-0.4, -0.2) is 55.9 Å². The molecule has 11 heteroatoms. The number of para-hydroxylation sites is 1. The molecule has 0 bridgehead atoms. The number of guanidine groups is 1. The summed E-state index contributed by atoms with van der Waals surface area (Å²) in [5, 5.41) is 6.27. The zero-order valence-electron chi connectivity index (χ0n) is 17.6. The summed E-state index contributed by atoms with van der Waals surface area (Å²) in [5.74, 6) is -0.0505. The number of halogens is 4. The van der Waals surface area contributed by atoms with Crippen LogP contribution in [0.4, 0.5) is 13.2 Å². The van der Waals surface area contributed by atoms with Crippen LogP contribution < -0.4 is 21.1 Å². The van der Waals surface area contributed by atoms with E-state index in [1.54, 1.807) is 12.1 Å². The number of carbonyl (C=O) groups is 1. The van der Waals surface area contributed by atoms with Crippen molar-refractivity contribution >= 4 is 35.8 Å². The maximum Gasteiger partial charge on any atom is 0.573 e. The number of hydrogen-bond donors (Lipinski definition) is 3. The van der Waals surface area contributed by atoms with E-state index >= 15 is 0 Å². The number of aliphatic imine (C=N–C) groups is 1. The Morgan fingerprint density at radius 1 is 1.32 bits per heavy atom. The fourth-order valence-corrected chi connectivity index (χ4v) is 3.36. The Labute approximate surface area is 198 Å². The lowest BCUT2D eigenvalue weighted by Crippen LogP contribution is -2.43. The molecule has 1 aliphatic heterocycles. The lowest BCUT2D eigenvalue weighted by atomic mass is 9.97. The van der Waals surface area contributed by atoms with E-state index in [0.29, 0.717) is 31.2 Å². The van der Waals surface area contributed by atoms with Crippen LogP contribution in [0.5, 0.6) is 5.75 Å². The molecule has 1 amide bonds. The molecular formula is C20H31F3IN5O2. The van der Waals surface area contributed by atoms with Gasteiger partial charge in [0.2, 0.25) is 5.91 Å². The third-order valence-corrected chi connectivity index (χ3v) is 4.80. The molecular weight excluding hydrogens is 526 g/mol. The van der Waals surface area contributed by atoms with Crippen LogP contribution in [0.2, 0.25) is 0 Å². The van der Waals surface area contributed by atoms with Gasteiger partial charge in [0.25, 0.3) is 0 Å². The molecule has 1 unspecified atom stereocenters. The summed E-state index contributed by atoms with van der Waals surface area (Å²) in [6.07, 6.45) is -2.10. The Kier molecular flexibility index (Phi) is 12.0. The number of nitrogens with zero attached hydrogens (tertiary/aromatic N) is 2. The molecule has 1 heterocycles. The highest BCUT2D eigenvalue weighted by Crippen LogP contribution is 2.26. The van der Waals surface area contributed by atoms with Crippen LogP contribution in [0.25, 0.3) is 0 Å². The molecule has 0 aromatic heterocycles. The highest BCUT2D eigenvalue weighted by molar-refractivity contribution is 14.0. The molecule has 1 fully saturated rings. The van der Waals surface area contributed by atoms with Gasteiger partial charge in [0, 0.05) is 25.2 Å². The van der Waals surface area contributed by atoms with Gasteiger partial charge in [0.15, 0.2) is 5.96 Å². The molecule has 1 aliphatic rings. The zero-order valence-corrected chi connectivity index (χ0v) is 19.9. The van der Waals surface area contributed by atoms with Crippen LogP contribution >= 0.6 is 24.0 Å². The van der Waals surface area contributed by atoms with Gasteiger partial charge in [-0.05, 0) is 45.3 Å². The molecule has 2 rings (SSSR count). The fraction of sp³-hybridized carbons (Fsp3) is 0.600. The summed E-state index contributed by atoms with van der Waals surface area (Å²) in [6, 6.07) is 5.96. The molecule has 0 radical (unpaired) electrons. The van der Waals surface area contributed by atoms with E-state index in [1.807, 2.05) is 6.92 Å². The van der Waals surface area contributed by atoms with Crippen molar-refractivity contribution in [1.29, 1.82) is 0 Å². The summed E-state index contributed by atoms with van der Waals surface area (Å²) >= 11 is 0. The molecule has 31 heavy (non-hydrogen) atoms. The van der Waals surface area contributed by atoms with E-state index in [1.165, 1.54) is 12.1 Å². The number of carbonyl (C=O) groups excluding carboxylic acids is 1. The number of likely N-dealkylation sites (tertiary alicyclic amines) is 1. The second kappa shape index (κ2) is 13.6. The number of ether oxygens (including phenoxy) is 1. The topological polar surface area (TPSA) is 92.0 Å². The molecule has 176 valence electrons. The molecule has 4 N–H and O–H groups in total. The van der Waals surface area contributed by atoms with Crippen molar-refractivity contribution in [3.63, 3.8) is 0 Å². The van der Waals surface area contributed by atoms with Crippen LogP contribution in [0, 0.1) is 5.92 Å². The van der Waals surface area contributed by atoms with Crippen molar-refractivity contribution in [2.45, 2.75) is 39.1 Å². The minimum Gasteiger partial charge on any atom is -0.405 e. The van der Waals surface area contributed by atoms with Crippen LogP contribution in [-0.2, 0) is 11.3 Å². The quantitative estimate of drug-likeness (QED) is 0.188. The number of hydrogen-bond acceptors (Lipinski definition) is 4. The Balaban J connectivity index is 0.00000480. The first-order valence-corrected chi connectivity index (χ1v) is 10.2. The predicted molar refractivity (Wildman–Crippen MR) is 124 cm³/mol. The van der Waals surface area contributed by atoms with Crippen molar-refractivity contribution in [1.82, 2.24) is 15.5 Å². The van der Waals surface area contributed by atoms with Crippen molar-refractivity contribution in [3.8, 4) is 5.75 Å². The molecule has 0 aliphatic carbocycles. The molecule has 0 saturated carbocycles. The maximum absolute atomic E-state index is 12.6. The van der Waals surface area contributed by atoms with E-state index < -0.39 is 6.36 Å². The summed E-state index contributed by atoms with van der Waals surface area (Å²) in [5.41, 5.74) is 5.76. The Morgan fingerprint density at radius 2 is 2.06 bits per heavy atom. The minimum absolute atomic E-state index is 0. The Hall–Kier alpha value is -1.76. The van der Waals surface area contributed by atoms with Gasteiger partial charge < -0.3 is 26.0 Å². The predicted octanol–water partition coefficient (Wildman–Crippen LogP) is 2.85. The van der Waals surface area contributed by atoms with E-state index in [9.17, 15) is 18.0 Å². The zero-order chi connectivity index (χ0) is 22.0.